The van der Waals surface area contributed by atoms with Crippen LogP contribution in [0.1, 0.15) is 66.8 Å². The number of guanidine groups is 6. The summed E-state index contributed by atoms with van der Waals surface area (Å²) in [5, 5.41) is 106. The number of carbonyl (C=O) groups is 6. The Morgan fingerprint density at radius 3 is 0.386 bits per heavy atom. The molecule has 36 nitrogen and oxygen atoms in total. The number of carboxylic acid groups (broad SMARTS) is 6. The molecular weight excluding hydrogens is 1820 g/mol. The number of carboxylic acids is 6. The molecule has 0 heterocycles. The van der Waals surface area contributed by atoms with Gasteiger partial charge in [-0.25, -0.2) is 28.8 Å². The van der Waals surface area contributed by atoms with Crippen LogP contribution >= 0.6 is 0 Å². The number of hydrogen-bond donors (Lipinski definition) is 24. The number of hydrogen-bond acceptors (Lipinski definition) is 18. The molecular formula is C78H90F18N18O18. The Hall–Kier alpha value is -15.5. The quantitative estimate of drug-likeness (QED) is 0.00988. The van der Waals surface area contributed by atoms with Crippen molar-refractivity contribution >= 4 is 71.6 Å². The van der Waals surface area contributed by atoms with Gasteiger partial charge < -0.3 is 125 Å². The van der Waals surface area contributed by atoms with Crippen LogP contribution in [-0.4, -0.2) is 179 Å². The van der Waals surface area contributed by atoms with Crippen molar-refractivity contribution in [2.45, 2.75) is 115 Å². The monoisotopic (exact) mass is 1910 g/mol. The van der Waals surface area contributed by atoms with Gasteiger partial charge in [0.2, 0.25) is 0 Å². The average Bonchev–Trinajstić information content (AvgIpc) is 0.759. The lowest BCUT2D eigenvalue weighted by molar-refractivity contribution is -0.193. The summed E-state index contributed by atoms with van der Waals surface area (Å²) in [5.74, 6) is -13.5. The zero-order valence-electron chi connectivity index (χ0n) is 68.4. The molecule has 0 aromatic heterocycles. The van der Waals surface area contributed by atoms with Crippen molar-refractivity contribution in [1.29, 1.82) is 32.5 Å². The largest absolute Gasteiger partial charge is 0.490 e. The van der Waals surface area contributed by atoms with Gasteiger partial charge in [-0.1, -0.05) is 72.8 Å². The molecule has 132 heavy (non-hydrogen) atoms. The van der Waals surface area contributed by atoms with Crippen molar-refractivity contribution < 1.29 is 167 Å². The van der Waals surface area contributed by atoms with Crippen LogP contribution in [0.4, 0.5) is 79.0 Å². The molecule has 0 aliphatic rings. The van der Waals surface area contributed by atoms with Crippen molar-refractivity contribution in [3.8, 4) is 34.5 Å². The first-order chi connectivity index (χ1) is 61.2. The fourth-order valence-electron chi connectivity index (χ4n) is 9.63. The molecule has 0 bridgehead atoms. The fourth-order valence-corrected chi connectivity index (χ4v) is 9.63. The van der Waals surface area contributed by atoms with Crippen LogP contribution in [-0.2, 0) is 107 Å². The third-order valence-corrected chi connectivity index (χ3v) is 15.9. The van der Waals surface area contributed by atoms with Gasteiger partial charge in [0.25, 0.3) is 0 Å². The van der Waals surface area contributed by atoms with Gasteiger partial charge >= 0.3 is 72.9 Å². The smallest absolute Gasteiger partial charge is 0.489 e. The Labute approximate surface area is 736 Å². The molecule has 0 unspecified atom stereocenters. The molecule has 0 aliphatic heterocycles. The van der Waals surface area contributed by atoms with Crippen LogP contribution in [0.5, 0.6) is 34.5 Å². The molecule has 0 saturated heterocycles. The van der Waals surface area contributed by atoms with Gasteiger partial charge in [-0.2, -0.15) is 79.0 Å². The van der Waals surface area contributed by atoms with E-state index in [9.17, 15) is 79.0 Å². The molecule has 54 heteroatoms. The van der Waals surface area contributed by atoms with E-state index in [0.29, 0.717) is 112 Å². The number of ether oxygens (including phenoxy) is 6. The minimum atomic E-state index is -5.08. The van der Waals surface area contributed by atoms with E-state index in [1.807, 2.05) is 146 Å². The number of nitrogens with two attached hydrogens (primary N) is 6. The Morgan fingerprint density at radius 2 is 0.311 bits per heavy atom. The van der Waals surface area contributed by atoms with Crippen molar-refractivity contribution in [3.63, 3.8) is 0 Å². The highest BCUT2D eigenvalue weighted by Crippen LogP contribution is 2.36. The van der Waals surface area contributed by atoms with Gasteiger partial charge in [0.15, 0.2) is 35.8 Å². The van der Waals surface area contributed by atoms with Crippen LogP contribution in [0.2, 0.25) is 0 Å². The number of halogens is 18. The summed E-state index contributed by atoms with van der Waals surface area (Å²) in [6.07, 6.45) is -26.7. The third-order valence-electron chi connectivity index (χ3n) is 15.9. The van der Waals surface area contributed by atoms with Crippen LogP contribution in [0.25, 0.3) is 0 Å². The molecule has 0 spiro atoms. The molecule has 0 atom stereocenters. The molecule has 0 amide bonds. The second-order valence-electron chi connectivity index (χ2n) is 25.8. The topological polar surface area (TPSA) is 651 Å². The molecule has 0 fully saturated rings. The minimum Gasteiger partial charge on any atom is -0.489 e. The van der Waals surface area contributed by atoms with E-state index >= 15 is 0 Å². The SMILES string of the molecule is N=C(N)NCCc1ccc(OCc2c(COc3ccc(CCNC(=N)N)cc3)c(COc3ccc(CCNC(=N)N)cc3)c(COc3ccc(CCNC(=N)N)cc3)c(COc3ccc(CCNC(=N)N)cc3)c2COc2ccc(CCNC(=N)N)cc2)cc1.O=C(O)C(F)(F)F.O=C(O)C(F)(F)F.O=C(O)C(F)(F)F.O=C(O)C(F)(F)F.O=C(O)C(F)(F)F.O=C(O)C(F)(F)F. The van der Waals surface area contributed by atoms with E-state index in [4.69, 9.17) is 155 Å². The van der Waals surface area contributed by atoms with Gasteiger partial charge in [0, 0.05) is 72.6 Å². The number of rotatable bonds is 36. The lowest BCUT2D eigenvalue weighted by Crippen LogP contribution is -2.31. The van der Waals surface area contributed by atoms with Gasteiger partial charge in [0.1, 0.15) is 74.1 Å². The predicted molar refractivity (Wildman–Crippen MR) is 435 cm³/mol. The molecule has 7 rings (SSSR count). The first kappa shape index (κ1) is 115. The van der Waals surface area contributed by atoms with E-state index in [1.165, 1.54) is 0 Å². The van der Waals surface area contributed by atoms with E-state index in [0.717, 1.165) is 66.8 Å². The number of nitrogens with one attached hydrogen (secondary N) is 12. The molecule has 30 N–H and O–H groups in total. The number of alkyl halides is 18. The van der Waals surface area contributed by atoms with Crippen LogP contribution < -0.4 is 94.7 Å². The zero-order chi connectivity index (χ0) is 101. The Bertz CT molecular complexity index is 4070. The van der Waals surface area contributed by atoms with Crippen molar-refractivity contribution in [3.05, 3.63) is 212 Å². The Morgan fingerprint density at radius 1 is 0.220 bits per heavy atom. The summed E-state index contributed by atoms with van der Waals surface area (Å²) in [4.78, 5) is 53.4. The third kappa shape index (κ3) is 50.8. The Kier molecular flexibility index (Phi) is 48.6. The highest BCUT2D eigenvalue weighted by atomic mass is 19.4. The van der Waals surface area contributed by atoms with Crippen molar-refractivity contribution in [2.75, 3.05) is 39.3 Å². The first-order valence-electron chi connectivity index (χ1n) is 36.9. The zero-order valence-corrected chi connectivity index (χ0v) is 68.4. The number of aliphatic carboxylic acids is 6. The second-order valence-corrected chi connectivity index (χ2v) is 25.8. The van der Waals surface area contributed by atoms with Crippen molar-refractivity contribution in [1.82, 2.24) is 31.9 Å². The molecule has 0 aliphatic carbocycles. The highest BCUT2D eigenvalue weighted by molar-refractivity contribution is 5.77. The van der Waals surface area contributed by atoms with E-state index in [-0.39, 0.29) is 75.4 Å². The van der Waals surface area contributed by atoms with Gasteiger partial charge in [-0.05, 0) is 145 Å². The van der Waals surface area contributed by atoms with E-state index in [2.05, 4.69) is 31.9 Å². The van der Waals surface area contributed by atoms with E-state index < -0.39 is 72.9 Å². The summed E-state index contributed by atoms with van der Waals surface area (Å²) in [6.45, 7) is 3.19. The summed E-state index contributed by atoms with van der Waals surface area (Å²) in [6, 6.07) is 46.8. The van der Waals surface area contributed by atoms with Gasteiger partial charge in [-0.15, -0.1) is 0 Å². The van der Waals surface area contributed by atoms with E-state index in [1.54, 1.807) is 0 Å². The van der Waals surface area contributed by atoms with Crippen LogP contribution in [0.15, 0.2) is 146 Å². The minimum absolute atomic E-state index is 0.0415. The van der Waals surface area contributed by atoms with Gasteiger partial charge in [0.05, 0.1) is 0 Å². The Balaban J connectivity index is 0.00000170. The summed E-state index contributed by atoms with van der Waals surface area (Å²) < 4.78 is 232. The summed E-state index contributed by atoms with van der Waals surface area (Å²) >= 11 is 0. The average molecular weight is 1910 g/mol. The standard InChI is InChI=1S/C66H84N18O6.6C2HF3O2/c67-61(68)79-31-25-43-1-13-49(14-2-43)85-37-55-56(38-86-50-15-3-44(4-16-50)26-32-80-62(69)70)58(40-88-52-19-7-46(8-20-52)28-34-82-64(73)74)60(42-90-54-23-11-48(12-24-54)30-36-84-66(77)78)59(41-89-53-21-9-47(10-22-53)29-35-83-65(75)76)57(55)39-87-51-17-5-45(6-18-51)27-33-81-63(71)72;6*3-2(4,5)1(6)7/h1-24H,25-42H2,(H4,67,68,79)(H4,69,70,80)(H4,71,72,81)(H4,73,74,82)(H4,75,76,83)(H4,77,78,84);6*(H,6,7). The second kappa shape index (κ2) is 56.0. The molecule has 7 aromatic carbocycles. The fraction of sp³-hybridized carbons (Fsp3) is 0.308. The maximum atomic E-state index is 10.6. The maximum Gasteiger partial charge on any atom is 0.490 e. The molecule has 0 radical (unpaired) electrons. The van der Waals surface area contributed by atoms with Gasteiger partial charge in [-0.3, -0.25) is 32.5 Å². The first-order valence-corrected chi connectivity index (χ1v) is 36.9. The van der Waals surface area contributed by atoms with Crippen LogP contribution in [0.3, 0.4) is 0 Å². The maximum absolute atomic E-state index is 10.6. The molecule has 726 valence electrons. The predicted octanol–water partition coefficient (Wildman–Crippen LogP) is 9.11. The lowest BCUT2D eigenvalue weighted by atomic mass is 9.87. The van der Waals surface area contributed by atoms with Crippen LogP contribution in [0, 0.1) is 32.5 Å². The normalized spacial score (nSPS) is 10.9. The number of benzene rings is 7. The lowest BCUT2D eigenvalue weighted by Gasteiger charge is -2.28. The van der Waals surface area contributed by atoms with Crippen molar-refractivity contribution in [2.24, 2.45) is 34.4 Å². The molecule has 0 saturated carbocycles. The highest BCUT2D eigenvalue weighted by Gasteiger charge is 2.42. The molecule has 7 aromatic rings. The summed E-state index contributed by atoms with van der Waals surface area (Å²) in [5.41, 5.74) is 44.1. The summed E-state index contributed by atoms with van der Waals surface area (Å²) in [7, 11) is 0.